The Kier molecular flexibility index (Phi) is 6.24. The number of hydrogen-bond acceptors (Lipinski definition) is 7. The summed E-state index contributed by atoms with van der Waals surface area (Å²) in [4.78, 5) is 25.8. The van der Waals surface area contributed by atoms with Gasteiger partial charge < -0.3 is 16.0 Å². The van der Waals surface area contributed by atoms with Crippen LogP contribution >= 0.6 is 11.8 Å². The molecule has 0 spiro atoms. The number of nitrogens with two attached hydrogens (primary N) is 1. The maximum atomic E-state index is 12.5. The van der Waals surface area contributed by atoms with Crippen LogP contribution in [0.1, 0.15) is 11.4 Å². The molecule has 140 valence electrons. The van der Waals surface area contributed by atoms with Gasteiger partial charge in [-0.1, -0.05) is 0 Å². The lowest BCUT2D eigenvalue weighted by molar-refractivity contribution is -0.137. The molecule has 1 heterocycles. The second-order valence-corrected chi connectivity index (χ2v) is 6.41. The third-order valence-corrected chi connectivity index (χ3v) is 3.98. The molecule has 0 saturated carbocycles. The molecule has 0 fully saturated rings. The Bertz CT molecular complexity index is 767. The van der Waals surface area contributed by atoms with E-state index in [1.54, 1.807) is 19.0 Å². The van der Waals surface area contributed by atoms with Gasteiger partial charge in [0, 0.05) is 19.8 Å². The molecule has 26 heavy (non-hydrogen) atoms. The largest absolute Gasteiger partial charge is 0.416 e. The highest BCUT2D eigenvalue weighted by molar-refractivity contribution is 7.99. The summed E-state index contributed by atoms with van der Waals surface area (Å²) >= 11 is 1.25. The fourth-order valence-corrected chi connectivity index (χ4v) is 2.54. The number of nitrogen functional groups attached to an aromatic ring is 1. The minimum Gasteiger partial charge on any atom is -0.368 e. The van der Waals surface area contributed by atoms with Crippen molar-refractivity contribution in [1.29, 1.82) is 0 Å². The van der Waals surface area contributed by atoms with Crippen LogP contribution in [0.5, 0.6) is 0 Å². The molecule has 0 aliphatic rings. The van der Waals surface area contributed by atoms with Crippen molar-refractivity contribution in [2.24, 2.45) is 0 Å². The van der Waals surface area contributed by atoms with E-state index in [9.17, 15) is 18.0 Å². The molecular weight excluding hydrogens is 369 g/mol. The fraction of sp³-hybridized carbons (Fsp3) is 0.333. The van der Waals surface area contributed by atoms with E-state index in [4.69, 9.17) is 5.73 Å². The lowest BCUT2D eigenvalue weighted by Crippen LogP contribution is -2.17. The van der Waals surface area contributed by atoms with Crippen LogP contribution in [0.3, 0.4) is 0 Å². The van der Waals surface area contributed by atoms with Gasteiger partial charge in [0.1, 0.15) is 5.82 Å². The molecule has 2 aromatic rings. The van der Waals surface area contributed by atoms with Gasteiger partial charge in [0.15, 0.2) is 0 Å². The number of hydrogen-bond donors (Lipinski definition) is 2. The molecule has 0 bridgehead atoms. The molecular formula is C15H17F3N6OS. The van der Waals surface area contributed by atoms with Gasteiger partial charge in [-0.25, -0.2) is 0 Å². The first kappa shape index (κ1) is 19.8. The number of alkyl halides is 3. The molecule has 0 radical (unpaired) electrons. The van der Waals surface area contributed by atoms with Crippen molar-refractivity contribution >= 4 is 35.3 Å². The summed E-state index contributed by atoms with van der Waals surface area (Å²) in [6.07, 6.45) is -4.41. The number of benzene rings is 1. The predicted molar refractivity (Wildman–Crippen MR) is 94.8 cm³/mol. The first-order valence-electron chi connectivity index (χ1n) is 7.38. The monoisotopic (exact) mass is 386 g/mol. The second-order valence-electron chi connectivity index (χ2n) is 5.42. The number of thioether (sulfide) groups is 1. The average molecular weight is 386 g/mol. The van der Waals surface area contributed by atoms with Gasteiger partial charge in [0.2, 0.25) is 17.8 Å². The van der Waals surface area contributed by atoms with Crippen LogP contribution in [0.15, 0.2) is 24.3 Å². The van der Waals surface area contributed by atoms with Crippen molar-refractivity contribution in [2.75, 3.05) is 35.8 Å². The first-order chi connectivity index (χ1) is 12.1. The maximum Gasteiger partial charge on any atom is 0.416 e. The van der Waals surface area contributed by atoms with E-state index >= 15 is 0 Å². The van der Waals surface area contributed by atoms with E-state index in [2.05, 4.69) is 20.3 Å². The molecule has 11 heteroatoms. The van der Waals surface area contributed by atoms with Crippen LogP contribution in [0.2, 0.25) is 0 Å². The zero-order chi connectivity index (χ0) is 19.3. The third-order valence-electron chi connectivity index (χ3n) is 3.05. The number of halogens is 3. The van der Waals surface area contributed by atoms with Gasteiger partial charge in [-0.3, -0.25) is 4.79 Å². The average Bonchev–Trinajstić information content (AvgIpc) is 2.54. The summed E-state index contributed by atoms with van der Waals surface area (Å²) in [5, 5.41) is 2.53. The van der Waals surface area contributed by atoms with Crippen LogP contribution in [0, 0.1) is 0 Å². The van der Waals surface area contributed by atoms with E-state index in [1.807, 2.05) is 0 Å². The lowest BCUT2D eigenvalue weighted by atomic mass is 10.2. The molecule has 3 N–H and O–H groups in total. The molecule has 0 aliphatic carbocycles. The molecule has 7 nitrogen and oxygen atoms in total. The first-order valence-corrected chi connectivity index (χ1v) is 8.53. The Morgan fingerprint density at radius 1 is 1.19 bits per heavy atom. The van der Waals surface area contributed by atoms with Crippen molar-refractivity contribution in [1.82, 2.24) is 15.0 Å². The lowest BCUT2D eigenvalue weighted by Gasteiger charge is -2.11. The van der Waals surface area contributed by atoms with Crippen molar-refractivity contribution < 1.29 is 18.0 Å². The third kappa shape index (κ3) is 5.76. The number of carbonyl (C=O) groups is 1. The number of amides is 1. The minimum absolute atomic E-state index is 0.0872. The SMILES string of the molecule is CN(C)c1nc(N)nc(CSCC(=O)Nc2ccc(C(F)(F)F)cc2)n1. The molecule has 1 amide bonds. The Labute approximate surface area is 152 Å². The van der Waals surface area contributed by atoms with Crippen molar-refractivity contribution in [3.63, 3.8) is 0 Å². The van der Waals surface area contributed by atoms with Crippen LogP contribution < -0.4 is 16.0 Å². The molecule has 0 aliphatic heterocycles. The summed E-state index contributed by atoms with van der Waals surface area (Å²) in [5.74, 6) is 1.03. The van der Waals surface area contributed by atoms with E-state index in [1.165, 1.54) is 23.9 Å². The van der Waals surface area contributed by atoms with Crippen LogP contribution in [-0.2, 0) is 16.7 Å². The standard InChI is InChI=1S/C15H17F3N6OS/c1-24(2)14-22-11(21-13(19)23-14)7-26-8-12(25)20-10-5-3-9(4-6-10)15(16,17)18/h3-6H,7-8H2,1-2H3,(H,20,25)(H2,19,21,22,23). The van der Waals surface area contributed by atoms with E-state index in [-0.39, 0.29) is 17.6 Å². The van der Waals surface area contributed by atoms with Crippen molar-refractivity contribution in [3.05, 3.63) is 35.7 Å². The number of anilines is 3. The van der Waals surface area contributed by atoms with Crippen LogP contribution in [-0.4, -0.2) is 40.7 Å². The topological polar surface area (TPSA) is 97.0 Å². The Hall–Kier alpha value is -2.56. The molecule has 2 rings (SSSR count). The van der Waals surface area contributed by atoms with Gasteiger partial charge in [-0.15, -0.1) is 11.8 Å². The van der Waals surface area contributed by atoms with Gasteiger partial charge in [-0.05, 0) is 24.3 Å². The van der Waals surface area contributed by atoms with Crippen LogP contribution in [0.25, 0.3) is 0 Å². The molecule has 0 saturated heterocycles. The zero-order valence-corrected chi connectivity index (χ0v) is 14.9. The molecule has 1 aromatic heterocycles. The number of rotatable bonds is 6. The van der Waals surface area contributed by atoms with Crippen LogP contribution in [0.4, 0.5) is 30.8 Å². The Balaban J connectivity index is 1.86. The number of aromatic nitrogens is 3. The Morgan fingerprint density at radius 2 is 1.85 bits per heavy atom. The maximum absolute atomic E-state index is 12.5. The minimum atomic E-state index is -4.41. The predicted octanol–water partition coefficient (Wildman–Crippen LogP) is 2.41. The van der Waals surface area contributed by atoms with E-state index in [0.29, 0.717) is 23.2 Å². The smallest absolute Gasteiger partial charge is 0.368 e. The summed E-state index contributed by atoms with van der Waals surface area (Å²) in [6.45, 7) is 0. The van der Waals surface area contributed by atoms with Gasteiger partial charge >= 0.3 is 6.18 Å². The molecule has 0 atom stereocenters. The highest BCUT2D eigenvalue weighted by Crippen LogP contribution is 2.29. The summed E-state index contributed by atoms with van der Waals surface area (Å²) in [6, 6.07) is 4.25. The van der Waals surface area contributed by atoms with Crippen molar-refractivity contribution in [2.45, 2.75) is 11.9 Å². The Morgan fingerprint density at radius 3 is 2.42 bits per heavy atom. The highest BCUT2D eigenvalue weighted by Gasteiger charge is 2.29. The fourth-order valence-electron chi connectivity index (χ4n) is 1.86. The zero-order valence-electron chi connectivity index (χ0n) is 14.0. The number of carbonyl (C=O) groups excluding carboxylic acids is 1. The second kappa shape index (κ2) is 8.21. The summed E-state index contributed by atoms with van der Waals surface area (Å²) < 4.78 is 37.5. The van der Waals surface area contributed by atoms with Gasteiger partial charge in [-0.2, -0.15) is 28.1 Å². The number of nitrogens with one attached hydrogen (secondary N) is 1. The van der Waals surface area contributed by atoms with E-state index < -0.39 is 11.7 Å². The van der Waals surface area contributed by atoms with E-state index in [0.717, 1.165) is 12.1 Å². The molecule has 0 unspecified atom stereocenters. The van der Waals surface area contributed by atoms with Gasteiger partial charge in [0.25, 0.3) is 0 Å². The normalized spacial score (nSPS) is 11.3. The molecule has 1 aromatic carbocycles. The van der Waals surface area contributed by atoms with Gasteiger partial charge in [0.05, 0.1) is 17.1 Å². The summed E-state index contributed by atoms with van der Waals surface area (Å²) in [7, 11) is 3.53. The van der Waals surface area contributed by atoms with Crippen molar-refractivity contribution in [3.8, 4) is 0 Å². The highest BCUT2D eigenvalue weighted by atomic mass is 32.2. The quantitative estimate of drug-likeness (QED) is 0.787. The number of nitrogens with zero attached hydrogens (tertiary/aromatic N) is 4. The summed E-state index contributed by atoms with van der Waals surface area (Å²) in [5.41, 5.74) is 5.14.